The molecule has 0 bridgehead atoms. The number of carbonyl (C=O) groups excluding carboxylic acids is 2. The van der Waals surface area contributed by atoms with Gasteiger partial charge in [-0.3, -0.25) is 4.79 Å². The van der Waals surface area contributed by atoms with Crippen molar-refractivity contribution < 1.29 is 33.0 Å². The van der Waals surface area contributed by atoms with E-state index in [9.17, 15) is 23.2 Å². The first-order valence-electron chi connectivity index (χ1n) is 10.3. The number of hydrogen-bond acceptors (Lipinski definition) is 4. The van der Waals surface area contributed by atoms with Gasteiger partial charge in [0.05, 0.1) is 6.54 Å². The fraction of sp³-hybridized carbons (Fsp3) is 0.348. The summed E-state index contributed by atoms with van der Waals surface area (Å²) in [5, 5.41) is 12.8. The minimum Gasteiger partial charge on any atom is -0.477 e. The molecule has 2 aromatic carbocycles. The molecule has 0 radical (unpaired) electrons. The molecule has 0 aliphatic heterocycles. The van der Waals surface area contributed by atoms with E-state index in [4.69, 9.17) is 9.84 Å². The van der Waals surface area contributed by atoms with Gasteiger partial charge in [0.1, 0.15) is 12.6 Å². The van der Waals surface area contributed by atoms with Crippen molar-refractivity contribution in [1.29, 1.82) is 0 Å². The number of alkyl halides is 2. The van der Waals surface area contributed by atoms with Gasteiger partial charge in [-0.05, 0) is 41.0 Å². The van der Waals surface area contributed by atoms with Gasteiger partial charge in [-0.25, -0.2) is 9.59 Å². The van der Waals surface area contributed by atoms with Gasteiger partial charge in [0.15, 0.2) is 0 Å². The largest absolute Gasteiger partial charge is 0.477 e. The molecule has 7 nitrogen and oxygen atoms in total. The molecule has 1 atom stereocenters. The average molecular weight is 444 g/mol. The summed E-state index contributed by atoms with van der Waals surface area (Å²) in [6, 6.07) is 14.6. The predicted molar refractivity (Wildman–Crippen MR) is 110 cm³/mol. The molecule has 32 heavy (non-hydrogen) atoms. The van der Waals surface area contributed by atoms with Gasteiger partial charge in [-0.2, -0.15) is 8.78 Å². The van der Waals surface area contributed by atoms with Crippen molar-refractivity contribution in [3.63, 3.8) is 0 Å². The number of hydrogen-bond donors (Lipinski definition) is 3. The number of fused-ring (bicyclic) bond motifs is 3. The number of ether oxygens (including phenoxy) is 1. The van der Waals surface area contributed by atoms with Crippen LogP contribution >= 0.6 is 0 Å². The predicted octanol–water partition coefficient (Wildman–Crippen LogP) is 3.14. The van der Waals surface area contributed by atoms with E-state index in [-0.39, 0.29) is 18.4 Å². The van der Waals surface area contributed by atoms with Crippen LogP contribution in [0.2, 0.25) is 0 Å². The van der Waals surface area contributed by atoms with Crippen LogP contribution in [-0.2, 0) is 14.3 Å². The fourth-order valence-electron chi connectivity index (χ4n) is 3.98. The van der Waals surface area contributed by atoms with E-state index in [0.717, 1.165) is 22.3 Å². The number of halogens is 2. The summed E-state index contributed by atoms with van der Waals surface area (Å²) >= 11 is 0. The van der Waals surface area contributed by atoms with E-state index >= 15 is 0 Å². The Morgan fingerprint density at radius 3 is 2.12 bits per heavy atom. The molecule has 0 aromatic heterocycles. The van der Waals surface area contributed by atoms with Gasteiger partial charge in [-0.15, -0.1) is 0 Å². The number of benzene rings is 2. The number of amides is 2. The summed E-state index contributed by atoms with van der Waals surface area (Å²) < 4.78 is 31.9. The van der Waals surface area contributed by atoms with E-state index < -0.39 is 36.5 Å². The molecule has 0 spiro atoms. The summed E-state index contributed by atoms with van der Waals surface area (Å²) in [5.74, 6) is -7.63. The van der Waals surface area contributed by atoms with Crippen molar-refractivity contribution >= 4 is 18.0 Å². The highest BCUT2D eigenvalue weighted by Crippen LogP contribution is 2.44. The molecular formula is C23H22F2N2O5. The van der Waals surface area contributed by atoms with Gasteiger partial charge < -0.3 is 20.5 Å². The Kier molecular flexibility index (Phi) is 5.82. The van der Waals surface area contributed by atoms with E-state index in [1.54, 1.807) is 0 Å². The number of carboxylic acid groups (broad SMARTS) is 1. The molecule has 0 saturated heterocycles. The Hall–Kier alpha value is -3.49. The zero-order valence-electron chi connectivity index (χ0n) is 17.0. The Morgan fingerprint density at radius 2 is 1.59 bits per heavy atom. The fourth-order valence-corrected chi connectivity index (χ4v) is 3.98. The lowest BCUT2D eigenvalue weighted by Crippen LogP contribution is -2.51. The van der Waals surface area contributed by atoms with E-state index in [2.05, 4.69) is 5.32 Å². The maximum Gasteiger partial charge on any atom is 0.407 e. The molecule has 1 unspecified atom stereocenters. The highest BCUT2D eigenvalue weighted by atomic mass is 19.3. The molecule has 2 aliphatic rings. The van der Waals surface area contributed by atoms with Crippen LogP contribution in [0.1, 0.15) is 29.9 Å². The number of carboxylic acids is 1. The van der Waals surface area contributed by atoms with Crippen molar-refractivity contribution in [2.75, 3.05) is 13.2 Å². The van der Waals surface area contributed by atoms with Crippen LogP contribution in [0.3, 0.4) is 0 Å². The second-order valence-electron chi connectivity index (χ2n) is 8.01. The molecule has 168 valence electrons. The number of alkyl carbamates (subject to hydrolysis) is 1. The van der Waals surface area contributed by atoms with Crippen molar-refractivity contribution in [2.45, 2.75) is 30.7 Å². The smallest absolute Gasteiger partial charge is 0.407 e. The van der Waals surface area contributed by atoms with Gasteiger partial charge in [0.25, 0.3) is 0 Å². The first-order chi connectivity index (χ1) is 15.3. The Labute approximate surface area is 182 Å². The summed E-state index contributed by atoms with van der Waals surface area (Å²) in [6.45, 7) is -1.30. The van der Waals surface area contributed by atoms with Gasteiger partial charge >= 0.3 is 18.0 Å². The SMILES string of the molecule is O=C(NC(C(=O)NCC(F)(F)C(=O)O)C1CC1)OCC1c2ccccc2-c2ccccc21. The molecule has 2 amide bonds. The second-order valence-corrected chi connectivity index (χ2v) is 8.01. The lowest BCUT2D eigenvalue weighted by molar-refractivity contribution is -0.164. The number of rotatable bonds is 8. The summed E-state index contributed by atoms with van der Waals surface area (Å²) in [7, 11) is 0. The maximum atomic E-state index is 13.3. The van der Waals surface area contributed by atoms with Crippen molar-refractivity contribution in [1.82, 2.24) is 10.6 Å². The Morgan fingerprint density at radius 1 is 1.03 bits per heavy atom. The molecule has 2 aromatic rings. The van der Waals surface area contributed by atoms with Crippen LogP contribution in [0.25, 0.3) is 11.1 Å². The van der Waals surface area contributed by atoms with Crippen LogP contribution in [0.5, 0.6) is 0 Å². The molecular weight excluding hydrogens is 422 g/mol. The third-order valence-corrected chi connectivity index (χ3v) is 5.79. The Bertz CT molecular complexity index is 1010. The molecule has 1 saturated carbocycles. The van der Waals surface area contributed by atoms with E-state index in [1.165, 1.54) is 0 Å². The number of carbonyl (C=O) groups is 3. The molecule has 4 rings (SSSR count). The van der Waals surface area contributed by atoms with Crippen molar-refractivity contribution in [3.05, 3.63) is 59.7 Å². The molecule has 3 N–H and O–H groups in total. The summed E-state index contributed by atoms with van der Waals surface area (Å²) in [4.78, 5) is 35.3. The Balaban J connectivity index is 1.38. The first kappa shape index (κ1) is 21.7. The van der Waals surface area contributed by atoms with Crippen LogP contribution in [0.4, 0.5) is 13.6 Å². The number of nitrogens with one attached hydrogen (secondary N) is 2. The second kappa shape index (κ2) is 8.57. The lowest BCUT2D eigenvalue weighted by Gasteiger charge is -2.20. The molecule has 0 heterocycles. The first-order valence-corrected chi connectivity index (χ1v) is 10.3. The van der Waals surface area contributed by atoms with Crippen LogP contribution < -0.4 is 10.6 Å². The molecule has 9 heteroatoms. The van der Waals surface area contributed by atoms with E-state index in [1.807, 2.05) is 53.8 Å². The van der Waals surface area contributed by atoms with Crippen LogP contribution in [0.15, 0.2) is 48.5 Å². The highest BCUT2D eigenvalue weighted by Gasteiger charge is 2.42. The highest BCUT2D eigenvalue weighted by molar-refractivity contribution is 5.87. The topological polar surface area (TPSA) is 105 Å². The third kappa shape index (κ3) is 4.42. The normalized spacial score (nSPS) is 15.9. The number of aliphatic carboxylic acids is 1. The zero-order chi connectivity index (χ0) is 22.9. The minimum atomic E-state index is -4.09. The minimum absolute atomic E-state index is 0.0515. The van der Waals surface area contributed by atoms with Gasteiger partial charge in [0, 0.05) is 5.92 Å². The van der Waals surface area contributed by atoms with Crippen molar-refractivity contribution in [3.8, 4) is 11.1 Å². The van der Waals surface area contributed by atoms with Crippen LogP contribution in [0, 0.1) is 5.92 Å². The third-order valence-electron chi connectivity index (χ3n) is 5.79. The quantitative estimate of drug-likeness (QED) is 0.580. The standard InChI is InChI=1S/C23H22F2N2O5/c24-23(25,21(29)30)12-26-20(28)19(13-9-10-13)27-22(31)32-11-18-16-7-3-1-5-14(16)15-6-2-4-8-17(15)18/h1-8,13,18-19H,9-12H2,(H,26,28)(H,27,31)(H,29,30). The monoisotopic (exact) mass is 444 g/mol. The maximum absolute atomic E-state index is 13.3. The lowest BCUT2D eigenvalue weighted by atomic mass is 9.98. The zero-order valence-corrected chi connectivity index (χ0v) is 17.0. The average Bonchev–Trinajstić information content (AvgIpc) is 3.57. The van der Waals surface area contributed by atoms with E-state index in [0.29, 0.717) is 12.8 Å². The summed E-state index contributed by atoms with van der Waals surface area (Å²) in [6.07, 6.45) is 0.470. The van der Waals surface area contributed by atoms with Gasteiger partial charge in [0.2, 0.25) is 5.91 Å². The molecule has 2 aliphatic carbocycles. The van der Waals surface area contributed by atoms with Crippen LogP contribution in [-0.4, -0.2) is 48.2 Å². The summed E-state index contributed by atoms with van der Waals surface area (Å²) in [5.41, 5.74) is 4.22. The van der Waals surface area contributed by atoms with Gasteiger partial charge in [-0.1, -0.05) is 48.5 Å². The van der Waals surface area contributed by atoms with Crippen molar-refractivity contribution in [2.24, 2.45) is 5.92 Å². The molecule has 1 fully saturated rings.